The van der Waals surface area contributed by atoms with E-state index in [0.29, 0.717) is 4.99 Å². The van der Waals surface area contributed by atoms with Crippen molar-refractivity contribution in [3.05, 3.63) is 64.7 Å². The van der Waals surface area contributed by atoms with E-state index in [0.717, 1.165) is 17.8 Å². The quantitative estimate of drug-likeness (QED) is 0.870. The van der Waals surface area contributed by atoms with Crippen molar-refractivity contribution in [3.8, 4) is 0 Å². The zero-order valence-corrected chi connectivity index (χ0v) is 13.0. The summed E-state index contributed by atoms with van der Waals surface area (Å²) in [6.45, 7) is 5.02. The molecule has 0 aliphatic carbocycles. The smallest absolute Gasteiger partial charge is 0.106 e. The highest BCUT2D eigenvalue weighted by atomic mass is 32.1. The Balaban J connectivity index is 2.32. The monoisotopic (exact) mass is 284 g/mol. The molecule has 0 fully saturated rings. The first kappa shape index (κ1) is 14.5. The van der Waals surface area contributed by atoms with Gasteiger partial charge in [0, 0.05) is 24.8 Å². The largest absolute Gasteiger partial charge is 0.389 e. The van der Waals surface area contributed by atoms with Crippen LogP contribution in [0, 0.1) is 13.8 Å². The zero-order chi connectivity index (χ0) is 14.7. The third-order valence-corrected chi connectivity index (χ3v) is 3.72. The van der Waals surface area contributed by atoms with Gasteiger partial charge in [0.15, 0.2) is 0 Å². The van der Waals surface area contributed by atoms with Crippen molar-refractivity contribution in [2.24, 2.45) is 5.73 Å². The number of benzene rings is 2. The van der Waals surface area contributed by atoms with Gasteiger partial charge in [-0.15, -0.1) is 0 Å². The van der Waals surface area contributed by atoms with Gasteiger partial charge in [0.25, 0.3) is 0 Å². The Kier molecular flexibility index (Phi) is 4.40. The molecule has 0 aliphatic rings. The molecule has 2 aromatic rings. The minimum absolute atomic E-state index is 0.445. The molecule has 0 unspecified atom stereocenters. The van der Waals surface area contributed by atoms with Gasteiger partial charge >= 0.3 is 0 Å². The van der Waals surface area contributed by atoms with Crippen LogP contribution in [0.4, 0.5) is 5.69 Å². The van der Waals surface area contributed by atoms with E-state index in [2.05, 4.69) is 55.3 Å². The first-order chi connectivity index (χ1) is 9.49. The molecule has 0 aromatic heterocycles. The number of aryl methyl sites for hydroxylation is 2. The van der Waals surface area contributed by atoms with Crippen LogP contribution in [-0.2, 0) is 6.54 Å². The Morgan fingerprint density at radius 2 is 1.85 bits per heavy atom. The summed E-state index contributed by atoms with van der Waals surface area (Å²) in [5.41, 5.74) is 11.6. The van der Waals surface area contributed by atoms with Gasteiger partial charge in [-0.2, -0.15) is 0 Å². The minimum atomic E-state index is 0.445. The lowest BCUT2D eigenvalue weighted by molar-refractivity contribution is 0.912. The van der Waals surface area contributed by atoms with Gasteiger partial charge in [-0.3, -0.25) is 0 Å². The van der Waals surface area contributed by atoms with Crippen molar-refractivity contribution < 1.29 is 0 Å². The fraction of sp³-hybridized carbons (Fsp3) is 0.235. The van der Waals surface area contributed by atoms with Crippen LogP contribution in [0.5, 0.6) is 0 Å². The summed E-state index contributed by atoms with van der Waals surface area (Å²) in [6, 6.07) is 14.6. The first-order valence-electron chi connectivity index (χ1n) is 6.65. The van der Waals surface area contributed by atoms with Gasteiger partial charge in [-0.25, -0.2) is 0 Å². The van der Waals surface area contributed by atoms with Crippen LogP contribution in [0.2, 0.25) is 0 Å². The van der Waals surface area contributed by atoms with Gasteiger partial charge in [0.1, 0.15) is 4.99 Å². The summed E-state index contributed by atoms with van der Waals surface area (Å²) >= 11 is 5.17. The van der Waals surface area contributed by atoms with Crippen LogP contribution in [-0.4, -0.2) is 12.0 Å². The molecular weight excluding hydrogens is 264 g/mol. The first-order valence-corrected chi connectivity index (χ1v) is 7.06. The molecule has 0 atom stereocenters. The summed E-state index contributed by atoms with van der Waals surface area (Å²) in [5.74, 6) is 0. The van der Waals surface area contributed by atoms with Crippen molar-refractivity contribution in [3.63, 3.8) is 0 Å². The molecule has 0 saturated carbocycles. The standard InChI is InChI=1S/C17H20N2S/c1-12-8-9-16(15(10-12)17(18)20)19(3)11-14-7-5-4-6-13(14)2/h4-10H,11H2,1-3H3,(H2,18,20). The van der Waals surface area contributed by atoms with E-state index in [4.69, 9.17) is 18.0 Å². The maximum Gasteiger partial charge on any atom is 0.106 e. The predicted molar refractivity (Wildman–Crippen MR) is 90.4 cm³/mol. The minimum Gasteiger partial charge on any atom is -0.389 e. The van der Waals surface area contributed by atoms with Gasteiger partial charge < -0.3 is 10.6 Å². The van der Waals surface area contributed by atoms with E-state index in [1.165, 1.54) is 16.7 Å². The van der Waals surface area contributed by atoms with Crippen LogP contribution in [0.25, 0.3) is 0 Å². The molecule has 2 aromatic carbocycles. The summed E-state index contributed by atoms with van der Waals surface area (Å²) in [5, 5.41) is 0. The van der Waals surface area contributed by atoms with Crippen molar-refractivity contribution in [1.82, 2.24) is 0 Å². The molecule has 0 saturated heterocycles. The molecule has 104 valence electrons. The van der Waals surface area contributed by atoms with Crippen LogP contribution < -0.4 is 10.6 Å². The Hall–Kier alpha value is -1.87. The third kappa shape index (κ3) is 3.17. The Morgan fingerprint density at radius 3 is 2.50 bits per heavy atom. The molecule has 3 heteroatoms. The van der Waals surface area contributed by atoms with Gasteiger partial charge in [-0.1, -0.05) is 48.1 Å². The van der Waals surface area contributed by atoms with E-state index in [1.807, 2.05) is 13.0 Å². The second kappa shape index (κ2) is 6.06. The van der Waals surface area contributed by atoms with E-state index >= 15 is 0 Å². The highest BCUT2D eigenvalue weighted by Gasteiger charge is 2.11. The molecule has 0 amide bonds. The SMILES string of the molecule is Cc1ccc(N(C)Cc2ccccc2C)c(C(N)=S)c1. The molecule has 0 spiro atoms. The second-order valence-electron chi connectivity index (χ2n) is 5.17. The zero-order valence-electron chi connectivity index (χ0n) is 12.2. The lowest BCUT2D eigenvalue weighted by Crippen LogP contribution is -2.22. The molecule has 2 rings (SSSR count). The molecule has 0 heterocycles. The number of nitrogens with zero attached hydrogens (tertiary/aromatic N) is 1. The highest BCUT2D eigenvalue weighted by Crippen LogP contribution is 2.23. The second-order valence-corrected chi connectivity index (χ2v) is 5.61. The number of nitrogens with two attached hydrogens (primary N) is 1. The number of hydrogen-bond acceptors (Lipinski definition) is 2. The van der Waals surface area contributed by atoms with E-state index in [9.17, 15) is 0 Å². The molecule has 0 bridgehead atoms. The van der Waals surface area contributed by atoms with E-state index in [1.54, 1.807) is 0 Å². The van der Waals surface area contributed by atoms with E-state index in [-0.39, 0.29) is 0 Å². The molecule has 0 aliphatic heterocycles. The summed E-state index contributed by atoms with van der Waals surface area (Å²) in [4.78, 5) is 2.64. The third-order valence-electron chi connectivity index (χ3n) is 3.50. The Bertz CT molecular complexity index is 635. The molecule has 20 heavy (non-hydrogen) atoms. The van der Waals surface area contributed by atoms with Crippen molar-refractivity contribution in [1.29, 1.82) is 0 Å². The average molecular weight is 284 g/mol. The Morgan fingerprint density at radius 1 is 1.15 bits per heavy atom. The maximum absolute atomic E-state index is 5.85. The lowest BCUT2D eigenvalue weighted by atomic mass is 10.1. The fourth-order valence-corrected chi connectivity index (χ4v) is 2.47. The number of thiocarbonyl (C=S) groups is 1. The molecular formula is C17H20N2S. The normalized spacial score (nSPS) is 10.3. The fourth-order valence-electron chi connectivity index (χ4n) is 2.31. The Labute approximate surface area is 126 Å². The van der Waals surface area contributed by atoms with Crippen LogP contribution in [0.1, 0.15) is 22.3 Å². The molecule has 2 N–H and O–H groups in total. The van der Waals surface area contributed by atoms with Gasteiger partial charge in [0.05, 0.1) is 0 Å². The van der Waals surface area contributed by atoms with E-state index < -0.39 is 0 Å². The van der Waals surface area contributed by atoms with Gasteiger partial charge in [-0.05, 0) is 37.1 Å². The topological polar surface area (TPSA) is 29.3 Å². The van der Waals surface area contributed by atoms with Gasteiger partial charge in [0.2, 0.25) is 0 Å². The van der Waals surface area contributed by atoms with Crippen LogP contribution in [0.15, 0.2) is 42.5 Å². The highest BCUT2D eigenvalue weighted by molar-refractivity contribution is 7.80. The summed E-state index contributed by atoms with van der Waals surface area (Å²) in [6.07, 6.45) is 0. The average Bonchev–Trinajstić information content (AvgIpc) is 2.41. The molecule has 2 nitrogen and oxygen atoms in total. The summed E-state index contributed by atoms with van der Waals surface area (Å²) in [7, 11) is 2.07. The van der Waals surface area contributed by atoms with Crippen LogP contribution >= 0.6 is 12.2 Å². The lowest BCUT2D eigenvalue weighted by Gasteiger charge is -2.23. The van der Waals surface area contributed by atoms with Crippen LogP contribution in [0.3, 0.4) is 0 Å². The molecule has 0 radical (unpaired) electrons. The number of rotatable bonds is 4. The van der Waals surface area contributed by atoms with Crippen molar-refractivity contribution in [2.75, 3.05) is 11.9 Å². The number of hydrogen-bond donors (Lipinski definition) is 1. The predicted octanol–water partition coefficient (Wildman–Crippen LogP) is 3.57. The van der Waals surface area contributed by atoms with Crippen molar-refractivity contribution >= 4 is 22.9 Å². The maximum atomic E-state index is 5.85. The van der Waals surface area contributed by atoms with Crippen molar-refractivity contribution in [2.45, 2.75) is 20.4 Å². The number of anilines is 1. The summed E-state index contributed by atoms with van der Waals surface area (Å²) < 4.78 is 0.